The molecule has 1 aromatic rings. The van der Waals surface area contributed by atoms with Gasteiger partial charge in [0.1, 0.15) is 5.82 Å². The van der Waals surface area contributed by atoms with Gasteiger partial charge in [-0.1, -0.05) is 0 Å². The topological polar surface area (TPSA) is 87.2 Å². The molecule has 1 aromatic carbocycles. The summed E-state index contributed by atoms with van der Waals surface area (Å²) in [6.07, 6.45) is 0.258. The quantitative estimate of drug-likeness (QED) is 0.693. The molecule has 0 aliphatic carbocycles. The Kier molecular flexibility index (Phi) is 6.63. The second-order valence-corrected chi connectivity index (χ2v) is 8.67. The zero-order valence-corrected chi connectivity index (χ0v) is 16.4. The number of hydrogen-bond acceptors (Lipinski definition) is 5. The minimum absolute atomic E-state index is 0.0322. The maximum Gasteiger partial charge on any atom is 0.243 e. The Morgan fingerprint density at radius 2 is 1.36 bits per heavy atom. The van der Waals surface area contributed by atoms with Crippen molar-refractivity contribution in [2.45, 2.75) is 17.7 Å². The predicted octanol–water partition coefficient (Wildman–Crippen LogP) is 0.298. The molecular formula is C18H24FN3O5S. The average Bonchev–Trinajstić information content (AvgIpc) is 2.73. The number of benzene rings is 1. The van der Waals surface area contributed by atoms with Crippen molar-refractivity contribution in [1.29, 1.82) is 0 Å². The third-order valence-electron chi connectivity index (χ3n) is 4.96. The van der Waals surface area contributed by atoms with Gasteiger partial charge in [-0.05, 0) is 24.3 Å². The van der Waals surface area contributed by atoms with Crippen molar-refractivity contribution in [2.75, 3.05) is 52.5 Å². The zero-order chi connectivity index (χ0) is 20.1. The monoisotopic (exact) mass is 413 g/mol. The number of morpholine rings is 1. The molecule has 3 rings (SSSR count). The molecule has 0 spiro atoms. The molecule has 0 bridgehead atoms. The summed E-state index contributed by atoms with van der Waals surface area (Å²) in [4.78, 5) is 27.8. The Balaban J connectivity index is 1.48. The maximum atomic E-state index is 13.0. The van der Waals surface area contributed by atoms with Crippen LogP contribution in [0.4, 0.5) is 4.39 Å². The summed E-state index contributed by atoms with van der Waals surface area (Å²) in [5, 5.41) is 0. The molecule has 2 aliphatic heterocycles. The van der Waals surface area contributed by atoms with Gasteiger partial charge in [0, 0.05) is 52.1 Å². The minimum atomic E-state index is -3.71. The summed E-state index contributed by atoms with van der Waals surface area (Å²) in [5.74, 6) is -0.712. The van der Waals surface area contributed by atoms with E-state index in [-0.39, 0.29) is 55.7 Å². The van der Waals surface area contributed by atoms with Gasteiger partial charge in [-0.15, -0.1) is 0 Å². The van der Waals surface area contributed by atoms with E-state index in [1.54, 1.807) is 9.80 Å². The lowest BCUT2D eigenvalue weighted by molar-refractivity contribution is -0.139. The van der Waals surface area contributed by atoms with E-state index in [1.807, 2.05) is 0 Å². The standard InChI is InChI=1S/C18H24FN3O5S/c19-15-1-3-16(4-2-15)28(25,26)22-9-7-20(8-10-22)17(23)5-6-18(24)21-11-13-27-14-12-21/h1-4H,5-14H2. The van der Waals surface area contributed by atoms with Crippen LogP contribution in [0.1, 0.15) is 12.8 Å². The summed E-state index contributed by atoms with van der Waals surface area (Å²) in [7, 11) is -3.71. The molecule has 0 saturated carbocycles. The van der Waals surface area contributed by atoms with Gasteiger partial charge in [0.15, 0.2) is 0 Å². The molecular weight excluding hydrogens is 389 g/mol. The van der Waals surface area contributed by atoms with E-state index in [9.17, 15) is 22.4 Å². The van der Waals surface area contributed by atoms with Gasteiger partial charge in [-0.2, -0.15) is 4.31 Å². The van der Waals surface area contributed by atoms with Crippen molar-refractivity contribution in [3.05, 3.63) is 30.1 Å². The number of nitrogens with zero attached hydrogens (tertiary/aromatic N) is 3. The second kappa shape index (κ2) is 8.97. The molecule has 2 aliphatic rings. The molecule has 8 nitrogen and oxygen atoms in total. The Morgan fingerprint density at radius 3 is 1.89 bits per heavy atom. The fourth-order valence-corrected chi connectivity index (χ4v) is 4.70. The van der Waals surface area contributed by atoms with Crippen LogP contribution in [-0.4, -0.2) is 86.8 Å². The number of ether oxygens (including phenoxy) is 1. The lowest BCUT2D eigenvalue weighted by Gasteiger charge is -2.34. The van der Waals surface area contributed by atoms with Crippen molar-refractivity contribution in [3.63, 3.8) is 0 Å². The van der Waals surface area contributed by atoms with E-state index in [2.05, 4.69) is 0 Å². The smallest absolute Gasteiger partial charge is 0.243 e. The second-order valence-electron chi connectivity index (χ2n) is 6.73. The van der Waals surface area contributed by atoms with E-state index in [1.165, 1.54) is 16.4 Å². The third-order valence-corrected chi connectivity index (χ3v) is 6.87. The summed E-state index contributed by atoms with van der Waals surface area (Å²) in [6, 6.07) is 4.69. The number of carbonyl (C=O) groups is 2. The third kappa shape index (κ3) is 4.86. The molecule has 28 heavy (non-hydrogen) atoms. The summed E-state index contributed by atoms with van der Waals surface area (Å²) in [5.41, 5.74) is 0. The fraction of sp³-hybridized carbons (Fsp3) is 0.556. The molecule has 10 heteroatoms. The van der Waals surface area contributed by atoms with Crippen LogP contribution in [0, 0.1) is 5.82 Å². The first-order valence-electron chi connectivity index (χ1n) is 9.27. The number of sulfonamides is 1. The molecule has 0 aromatic heterocycles. The zero-order valence-electron chi connectivity index (χ0n) is 15.5. The molecule has 0 atom stereocenters. The SMILES string of the molecule is O=C(CCC(=O)N1CCN(S(=O)(=O)c2ccc(F)cc2)CC1)N1CCOCC1. The first-order chi connectivity index (χ1) is 13.4. The van der Waals surface area contributed by atoms with Crippen molar-refractivity contribution >= 4 is 21.8 Å². The molecule has 0 N–H and O–H groups in total. The van der Waals surface area contributed by atoms with Crippen molar-refractivity contribution in [3.8, 4) is 0 Å². The van der Waals surface area contributed by atoms with Gasteiger partial charge >= 0.3 is 0 Å². The Hall–Kier alpha value is -2.04. The molecule has 2 amide bonds. The summed E-state index contributed by atoms with van der Waals surface area (Å²) in [6.45, 7) is 3.01. The first-order valence-corrected chi connectivity index (χ1v) is 10.7. The van der Waals surface area contributed by atoms with E-state index < -0.39 is 15.8 Å². The van der Waals surface area contributed by atoms with E-state index >= 15 is 0 Å². The number of hydrogen-bond donors (Lipinski definition) is 0. The van der Waals surface area contributed by atoms with Crippen molar-refractivity contribution < 1.29 is 27.1 Å². The van der Waals surface area contributed by atoms with Crippen LogP contribution in [0.25, 0.3) is 0 Å². The molecule has 154 valence electrons. The Labute approximate surface area is 163 Å². The first kappa shape index (κ1) is 20.7. The maximum absolute atomic E-state index is 13.0. The van der Waals surface area contributed by atoms with Crippen LogP contribution in [0.2, 0.25) is 0 Å². The van der Waals surface area contributed by atoms with Crippen LogP contribution in [0.5, 0.6) is 0 Å². The highest BCUT2D eigenvalue weighted by molar-refractivity contribution is 7.89. The van der Waals surface area contributed by atoms with Crippen LogP contribution in [0.15, 0.2) is 29.2 Å². The fourth-order valence-electron chi connectivity index (χ4n) is 3.28. The summed E-state index contributed by atoms with van der Waals surface area (Å²) >= 11 is 0. The van der Waals surface area contributed by atoms with E-state index in [0.29, 0.717) is 26.3 Å². The Bertz CT molecular complexity index is 801. The van der Waals surface area contributed by atoms with Gasteiger partial charge in [0.25, 0.3) is 0 Å². The highest BCUT2D eigenvalue weighted by Gasteiger charge is 2.30. The van der Waals surface area contributed by atoms with Crippen molar-refractivity contribution in [1.82, 2.24) is 14.1 Å². The van der Waals surface area contributed by atoms with Crippen LogP contribution in [0.3, 0.4) is 0 Å². The number of rotatable bonds is 5. The highest BCUT2D eigenvalue weighted by Crippen LogP contribution is 2.18. The predicted molar refractivity (Wildman–Crippen MR) is 98.4 cm³/mol. The van der Waals surface area contributed by atoms with E-state index in [4.69, 9.17) is 4.74 Å². The Morgan fingerprint density at radius 1 is 0.857 bits per heavy atom. The van der Waals surface area contributed by atoms with Crippen LogP contribution >= 0.6 is 0 Å². The number of halogens is 1. The van der Waals surface area contributed by atoms with Gasteiger partial charge in [-0.25, -0.2) is 12.8 Å². The van der Waals surface area contributed by atoms with Gasteiger partial charge in [0.2, 0.25) is 21.8 Å². The number of amides is 2. The van der Waals surface area contributed by atoms with Gasteiger partial charge in [-0.3, -0.25) is 9.59 Å². The number of carbonyl (C=O) groups excluding carboxylic acids is 2. The van der Waals surface area contributed by atoms with Gasteiger partial charge in [0.05, 0.1) is 18.1 Å². The molecule has 0 radical (unpaired) electrons. The van der Waals surface area contributed by atoms with Crippen LogP contribution in [-0.2, 0) is 24.3 Å². The normalized spacial score (nSPS) is 18.9. The van der Waals surface area contributed by atoms with Gasteiger partial charge < -0.3 is 14.5 Å². The van der Waals surface area contributed by atoms with Crippen molar-refractivity contribution in [2.24, 2.45) is 0 Å². The molecule has 2 fully saturated rings. The lowest BCUT2D eigenvalue weighted by atomic mass is 10.2. The molecule has 0 unspecified atom stereocenters. The highest BCUT2D eigenvalue weighted by atomic mass is 32.2. The molecule has 2 heterocycles. The van der Waals surface area contributed by atoms with Crippen LogP contribution < -0.4 is 0 Å². The molecule has 2 saturated heterocycles. The van der Waals surface area contributed by atoms with E-state index in [0.717, 1.165) is 12.1 Å². The number of piperazine rings is 1. The summed E-state index contributed by atoms with van der Waals surface area (Å²) < 4.78 is 44.7. The largest absolute Gasteiger partial charge is 0.378 e. The minimum Gasteiger partial charge on any atom is -0.378 e. The average molecular weight is 413 g/mol. The lowest BCUT2D eigenvalue weighted by Crippen LogP contribution is -2.50.